The van der Waals surface area contributed by atoms with Crippen LogP contribution in [0, 0.1) is 6.92 Å². The normalized spacial score (nSPS) is 19.4. The van der Waals surface area contributed by atoms with Crippen molar-refractivity contribution in [3.8, 4) is 0 Å². The van der Waals surface area contributed by atoms with E-state index in [4.69, 9.17) is 0 Å². The molecule has 6 heteroatoms. The van der Waals surface area contributed by atoms with Gasteiger partial charge in [0, 0.05) is 18.4 Å². The van der Waals surface area contributed by atoms with Crippen molar-refractivity contribution in [2.24, 2.45) is 0 Å². The molecule has 0 aromatic carbocycles. The van der Waals surface area contributed by atoms with Gasteiger partial charge in [0.05, 0.1) is 13.1 Å². The Balaban J connectivity index is 1.89. The van der Waals surface area contributed by atoms with E-state index in [-0.39, 0.29) is 18.8 Å². The van der Waals surface area contributed by atoms with Crippen molar-refractivity contribution in [3.63, 3.8) is 0 Å². The second kappa shape index (κ2) is 3.93. The van der Waals surface area contributed by atoms with Crippen LogP contribution in [-0.2, 0) is 6.42 Å². The van der Waals surface area contributed by atoms with Crippen LogP contribution in [0.5, 0.6) is 0 Å². The zero-order valence-electron chi connectivity index (χ0n) is 8.96. The Morgan fingerprint density at radius 1 is 1.56 bits per heavy atom. The number of hydrogen-bond donors (Lipinski definition) is 1. The highest BCUT2D eigenvalue weighted by atomic mass is 19.3. The summed E-state index contributed by atoms with van der Waals surface area (Å²) in [7, 11) is 0. The molecular weight excluding hydrogens is 216 g/mol. The predicted octanol–water partition coefficient (Wildman–Crippen LogP) is 0.572. The number of rotatable bonds is 3. The lowest BCUT2D eigenvalue weighted by Gasteiger charge is -2.38. The number of aryl methyl sites for hydroxylation is 1. The number of nitrogens with one attached hydrogen (secondary N) is 1. The molecule has 0 bridgehead atoms. The Hall–Kier alpha value is -1.30. The molecule has 1 aromatic rings. The van der Waals surface area contributed by atoms with Gasteiger partial charge in [-0.25, -0.2) is 18.6 Å². The van der Waals surface area contributed by atoms with Crippen LogP contribution in [0.1, 0.15) is 11.3 Å². The molecule has 1 saturated heterocycles. The number of aromatic nitrogens is 2. The second-order valence-electron chi connectivity index (χ2n) is 4.16. The molecule has 0 atom stereocenters. The number of H-pyrrole nitrogens is 1. The fourth-order valence-corrected chi connectivity index (χ4v) is 1.80. The summed E-state index contributed by atoms with van der Waals surface area (Å²) < 4.78 is 25.1. The molecule has 2 heterocycles. The minimum Gasteiger partial charge on any atom is -0.310 e. The summed E-state index contributed by atoms with van der Waals surface area (Å²) in [5.41, 5.74) is 1.28. The first kappa shape index (κ1) is 11.2. The lowest BCUT2D eigenvalue weighted by molar-refractivity contribution is -0.129. The van der Waals surface area contributed by atoms with Gasteiger partial charge >= 0.3 is 5.69 Å². The molecular formula is C10H13F2N3O. The van der Waals surface area contributed by atoms with Crippen LogP contribution in [0.2, 0.25) is 0 Å². The van der Waals surface area contributed by atoms with Crippen molar-refractivity contribution in [3.05, 3.63) is 27.9 Å². The van der Waals surface area contributed by atoms with Crippen LogP contribution in [0.25, 0.3) is 0 Å². The van der Waals surface area contributed by atoms with Crippen molar-refractivity contribution in [1.29, 1.82) is 0 Å². The van der Waals surface area contributed by atoms with Crippen LogP contribution in [0.4, 0.5) is 8.78 Å². The Labute approximate surface area is 91.3 Å². The van der Waals surface area contributed by atoms with Crippen LogP contribution < -0.4 is 5.69 Å². The summed E-state index contributed by atoms with van der Waals surface area (Å²) in [6.07, 6.45) is 2.14. The van der Waals surface area contributed by atoms with E-state index in [2.05, 4.69) is 9.97 Å². The molecule has 1 fully saturated rings. The fourth-order valence-electron chi connectivity index (χ4n) is 1.80. The van der Waals surface area contributed by atoms with Gasteiger partial charge < -0.3 is 4.98 Å². The van der Waals surface area contributed by atoms with Gasteiger partial charge in [-0.05, 0) is 18.9 Å². The quantitative estimate of drug-likeness (QED) is 0.824. The Bertz CT molecular complexity index is 436. The topological polar surface area (TPSA) is 49.0 Å². The van der Waals surface area contributed by atoms with Gasteiger partial charge in [0.15, 0.2) is 0 Å². The molecule has 2 rings (SSSR count). The smallest absolute Gasteiger partial charge is 0.310 e. The van der Waals surface area contributed by atoms with E-state index in [1.54, 1.807) is 11.8 Å². The third kappa shape index (κ3) is 2.44. The Kier molecular flexibility index (Phi) is 2.75. The van der Waals surface area contributed by atoms with E-state index in [1.807, 2.05) is 0 Å². The van der Waals surface area contributed by atoms with Gasteiger partial charge in [0.25, 0.3) is 5.92 Å². The number of alkyl halides is 2. The molecule has 0 unspecified atom stereocenters. The molecule has 0 aliphatic carbocycles. The minimum absolute atomic E-state index is 0.164. The predicted molar refractivity (Wildman–Crippen MR) is 54.7 cm³/mol. The number of aromatic amines is 1. The number of hydrogen-bond acceptors (Lipinski definition) is 3. The number of nitrogens with zero attached hydrogens (tertiary/aromatic N) is 2. The molecule has 1 N–H and O–H groups in total. The summed E-state index contributed by atoms with van der Waals surface area (Å²) in [6.45, 7) is 2.03. The van der Waals surface area contributed by atoms with E-state index in [1.165, 1.54) is 6.20 Å². The molecule has 88 valence electrons. The van der Waals surface area contributed by atoms with Crippen molar-refractivity contribution < 1.29 is 8.78 Å². The van der Waals surface area contributed by atoms with Crippen molar-refractivity contribution in [1.82, 2.24) is 14.9 Å². The van der Waals surface area contributed by atoms with E-state index in [9.17, 15) is 13.6 Å². The number of likely N-dealkylation sites (tertiary alicyclic amines) is 1. The Morgan fingerprint density at radius 2 is 2.25 bits per heavy atom. The van der Waals surface area contributed by atoms with Gasteiger partial charge in [-0.15, -0.1) is 0 Å². The monoisotopic (exact) mass is 229 g/mol. The van der Waals surface area contributed by atoms with Gasteiger partial charge in [0.1, 0.15) is 0 Å². The maximum absolute atomic E-state index is 12.5. The fraction of sp³-hybridized carbons (Fsp3) is 0.600. The van der Waals surface area contributed by atoms with E-state index < -0.39 is 5.92 Å². The van der Waals surface area contributed by atoms with Crippen molar-refractivity contribution in [2.75, 3.05) is 19.6 Å². The lowest BCUT2D eigenvalue weighted by Crippen LogP contribution is -2.56. The molecule has 1 aromatic heterocycles. The third-order valence-electron chi connectivity index (χ3n) is 2.72. The van der Waals surface area contributed by atoms with Crippen LogP contribution >= 0.6 is 0 Å². The first-order valence-corrected chi connectivity index (χ1v) is 5.11. The molecule has 0 amide bonds. The SMILES string of the molecule is Cc1[nH]c(=O)ncc1CCN1CC(F)(F)C1. The molecule has 0 spiro atoms. The first-order valence-electron chi connectivity index (χ1n) is 5.11. The van der Waals surface area contributed by atoms with Crippen LogP contribution in [-0.4, -0.2) is 40.4 Å². The van der Waals surface area contributed by atoms with E-state index >= 15 is 0 Å². The van der Waals surface area contributed by atoms with Gasteiger partial charge in [-0.1, -0.05) is 0 Å². The zero-order valence-corrected chi connectivity index (χ0v) is 8.96. The average molecular weight is 229 g/mol. The van der Waals surface area contributed by atoms with Crippen molar-refractivity contribution in [2.45, 2.75) is 19.3 Å². The van der Waals surface area contributed by atoms with Gasteiger partial charge in [-0.2, -0.15) is 0 Å². The van der Waals surface area contributed by atoms with Crippen LogP contribution in [0.3, 0.4) is 0 Å². The highest BCUT2D eigenvalue weighted by Gasteiger charge is 2.43. The summed E-state index contributed by atoms with van der Waals surface area (Å²) in [5.74, 6) is -2.52. The second-order valence-corrected chi connectivity index (χ2v) is 4.16. The van der Waals surface area contributed by atoms with E-state index in [0.717, 1.165) is 11.3 Å². The number of halogens is 2. The molecule has 1 aliphatic heterocycles. The zero-order chi connectivity index (χ0) is 11.8. The van der Waals surface area contributed by atoms with Crippen LogP contribution in [0.15, 0.2) is 11.0 Å². The molecule has 4 nitrogen and oxygen atoms in total. The Morgan fingerprint density at radius 3 is 2.81 bits per heavy atom. The highest BCUT2D eigenvalue weighted by Crippen LogP contribution is 2.26. The third-order valence-corrected chi connectivity index (χ3v) is 2.72. The highest BCUT2D eigenvalue weighted by molar-refractivity contribution is 5.14. The van der Waals surface area contributed by atoms with E-state index in [0.29, 0.717) is 13.0 Å². The summed E-state index contributed by atoms with van der Waals surface area (Å²) >= 11 is 0. The maximum Gasteiger partial charge on any atom is 0.345 e. The molecule has 0 saturated carbocycles. The largest absolute Gasteiger partial charge is 0.345 e. The molecule has 1 aliphatic rings. The maximum atomic E-state index is 12.5. The minimum atomic E-state index is -2.52. The van der Waals surface area contributed by atoms with Gasteiger partial charge in [0.2, 0.25) is 0 Å². The molecule has 16 heavy (non-hydrogen) atoms. The standard InChI is InChI=1S/C10H13F2N3O/c1-7-8(4-13-9(16)14-7)2-3-15-5-10(11,12)6-15/h4H,2-3,5-6H2,1H3,(H,13,14,16). The first-order chi connectivity index (χ1) is 7.46. The summed E-state index contributed by atoms with van der Waals surface area (Å²) in [4.78, 5) is 18.7. The average Bonchev–Trinajstić information content (AvgIpc) is 2.13. The van der Waals surface area contributed by atoms with Crippen molar-refractivity contribution >= 4 is 0 Å². The van der Waals surface area contributed by atoms with Gasteiger partial charge in [-0.3, -0.25) is 4.90 Å². The summed E-state index contributed by atoms with van der Waals surface area (Å²) in [6, 6.07) is 0. The lowest BCUT2D eigenvalue weighted by atomic mass is 10.1. The molecule has 0 radical (unpaired) electrons. The summed E-state index contributed by atoms with van der Waals surface area (Å²) in [5, 5.41) is 0.